The van der Waals surface area contributed by atoms with Crippen molar-refractivity contribution in [3.8, 4) is 0 Å². The molecule has 58 valence electrons. The van der Waals surface area contributed by atoms with Gasteiger partial charge in [-0.25, -0.2) is 9.97 Å². The van der Waals surface area contributed by atoms with E-state index in [4.69, 9.17) is 0 Å². The molecular formula is C8H4N2O2. The molecule has 1 aliphatic rings. The van der Waals surface area contributed by atoms with Crippen molar-refractivity contribution in [2.45, 2.75) is 0 Å². The van der Waals surface area contributed by atoms with Gasteiger partial charge in [-0.15, -0.1) is 0 Å². The lowest BCUT2D eigenvalue weighted by Crippen LogP contribution is -2.17. The fourth-order valence-corrected chi connectivity index (χ4v) is 1.01. The van der Waals surface area contributed by atoms with Crippen LogP contribution in [0.1, 0.15) is 16.1 Å². The molecule has 0 radical (unpaired) electrons. The highest BCUT2D eigenvalue weighted by Gasteiger charge is 2.21. The summed E-state index contributed by atoms with van der Waals surface area (Å²) in [5.41, 5.74) is 0.791. The Hall–Kier alpha value is -1.84. The van der Waals surface area contributed by atoms with Crippen LogP contribution in [-0.2, 0) is 4.79 Å². The molecule has 0 unspecified atom stereocenters. The van der Waals surface area contributed by atoms with Crippen molar-refractivity contribution < 1.29 is 9.59 Å². The summed E-state index contributed by atoms with van der Waals surface area (Å²) in [4.78, 5) is 29.4. The van der Waals surface area contributed by atoms with Crippen LogP contribution >= 0.6 is 0 Å². The Morgan fingerprint density at radius 3 is 2.83 bits per heavy atom. The first-order valence-corrected chi connectivity index (χ1v) is 3.36. The highest BCUT2D eigenvalue weighted by Crippen LogP contribution is 2.12. The van der Waals surface area contributed by atoms with E-state index in [1.165, 1.54) is 18.6 Å². The molecule has 0 aliphatic heterocycles. The standard InChI is InChI=1S/C8H4N2O2/c11-6-2-1-5-3-9-4-10-7(5)8(6)12/h1-4H. The summed E-state index contributed by atoms with van der Waals surface area (Å²) in [5, 5.41) is 0. The van der Waals surface area contributed by atoms with Crippen molar-refractivity contribution in [2.24, 2.45) is 0 Å². The van der Waals surface area contributed by atoms with Gasteiger partial charge in [-0.2, -0.15) is 0 Å². The second-order valence-corrected chi connectivity index (χ2v) is 2.35. The number of rotatable bonds is 0. The predicted octanol–water partition coefficient (Wildman–Crippen LogP) is 0.255. The first kappa shape index (κ1) is 6.84. The summed E-state index contributed by atoms with van der Waals surface area (Å²) in [6.45, 7) is 0. The van der Waals surface area contributed by atoms with Gasteiger partial charge in [0.15, 0.2) is 0 Å². The Balaban J connectivity index is 2.67. The van der Waals surface area contributed by atoms with Crippen LogP contribution < -0.4 is 0 Å². The molecule has 0 aromatic carbocycles. The molecule has 0 bridgehead atoms. The molecule has 12 heavy (non-hydrogen) atoms. The van der Waals surface area contributed by atoms with Gasteiger partial charge in [0.2, 0.25) is 5.78 Å². The summed E-state index contributed by atoms with van der Waals surface area (Å²) in [6, 6.07) is 0. The Morgan fingerprint density at radius 1 is 1.17 bits per heavy atom. The lowest BCUT2D eigenvalue weighted by atomic mass is 10.0. The van der Waals surface area contributed by atoms with Gasteiger partial charge >= 0.3 is 0 Å². The highest BCUT2D eigenvalue weighted by molar-refractivity contribution is 6.49. The van der Waals surface area contributed by atoms with Crippen LogP contribution in [0.3, 0.4) is 0 Å². The number of aromatic nitrogens is 2. The Kier molecular flexibility index (Phi) is 1.33. The van der Waals surface area contributed by atoms with Gasteiger partial charge in [0.25, 0.3) is 5.78 Å². The van der Waals surface area contributed by atoms with Gasteiger partial charge in [-0.1, -0.05) is 0 Å². The number of carbonyl (C=O) groups is 2. The van der Waals surface area contributed by atoms with Gasteiger partial charge in [0.1, 0.15) is 12.0 Å². The van der Waals surface area contributed by atoms with Gasteiger partial charge in [-0.3, -0.25) is 9.59 Å². The van der Waals surface area contributed by atoms with Crippen LogP contribution in [0.15, 0.2) is 18.6 Å². The van der Waals surface area contributed by atoms with Crippen LogP contribution in [0, 0.1) is 0 Å². The summed E-state index contributed by atoms with van der Waals surface area (Å²) in [5.74, 6) is -1.09. The monoisotopic (exact) mass is 160 g/mol. The normalized spacial score (nSPS) is 14.7. The Morgan fingerprint density at radius 2 is 2.00 bits per heavy atom. The zero-order chi connectivity index (χ0) is 8.55. The third kappa shape index (κ3) is 0.852. The average Bonchev–Trinajstić information content (AvgIpc) is 2.12. The van der Waals surface area contributed by atoms with Gasteiger partial charge < -0.3 is 0 Å². The van der Waals surface area contributed by atoms with E-state index in [0.717, 1.165) is 0 Å². The van der Waals surface area contributed by atoms with Crippen LogP contribution in [0.25, 0.3) is 6.08 Å². The molecule has 4 nitrogen and oxygen atoms in total. The number of fused-ring (bicyclic) bond motifs is 1. The largest absolute Gasteiger partial charge is 0.285 e. The lowest BCUT2D eigenvalue weighted by molar-refractivity contribution is -0.111. The Labute approximate surface area is 68.0 Å². The summed E-state index contributed by atoms with van der Waals surface area (Å²) in [6.07, 6.45) is 5.53. The molecule has 0 fully saturated rings. The molecule has 0 saturated heterocycles. The predicted molar refractivity (Wildman–Crippen MR) is 40.4 cm³/mol. The minimum atomic E-state index is -0.560. The van der Waals surface area contributed by atoms with Crippen molar-refractivity contribution in [3.05, 3.63) is 29.9 Å². The van der Waals surface area contributed by atoms with E-state index in [-0.39, 0.29) is 5.69 Å². The number of nitrogens with zero attached hydrogens (tertiary/aromatic N) is 2. The smallest absolute Gasteiger partial charge is 0.251 e. The van der Waals surface area contributed by atoms with E-state index in [1.54, 1.807) is 6.08 Å². The second kappa shape index (κ2) is 2.34. The van der Waals surface area contributed by atoms with Gasteiger partial charge in [0.05, 0.1) is 0 Å². The molecule has 0 amide bonds. The minimum absolute atomic E-state index is 0.192. The van der Waals surface area contributed by atoms with Crippen molar-refractivity contribution in [1.82, 2.24) is 9.97 Å². The van der Waals surface area contributed by atoms with Crippen molar-refractivity contribution >= 4 is 17.6 Å². The third-order valence-corrected chi connectivity index (χ3v) is 1.59. The van der Waals surface area contributed by atoms with Gasteiger partial charge in [0, 0.05) is 11.8 Å². The van der Waals surface area contributed by atoms with E-state index < -0.39 is 11.6 Å². The second-order valence-electron chi connectivity index (χ2n) is 2.35. The molecule has 2 rings (SSSR count). The molecule has 1 heterocycles. The topological polar surface area (TPSA) is 59.9 Å². The number of carbonyl (C=O) groups excluding carboxylic acids is 2. The SMILES string of the molecule is O=C1C=Cc2cncnc2C1=O. The number of ketones is 2. The zero-order valence-corrected chi connectivity index (χ0v) is 6.02. The number of allylic oxidation sites excluding steroid dienone is 1. The van der Waals surface area contributed by atoms with E-state index in [1.807, 2.05) is 0 Å². The van der Waals surface area contributed by atoms with Crippen molar-refractivity contribution in [3.63, 3.8) is 0 Å². The Bertz CT molecular complexity index is 396. The number of Topliss-reactive ketones (excluding diaryl/α,β-unsaturated/α-hetero) is 1. The van der Waals surface area contributed by atoms with Crippen LogP contribution in [-0.4, -0.2) is 21.5 Å². The molecule has 1 aromatic rings. The lowest BCUT2D eigenvalue weighted by Gasteiger charge is -2.04. The molecule has 0 N–H and O–H groups in total. The summed E-state index contributed by atoms with van der Waals surface area (Å²) < 4.78 is 0. The number of hydrogen-bond acceptors (Lipinski definition) is 4. The molecule has 4 heteroatoms. The first-order chi connectivity index (χ1) is 5.79. The van der Waals surface area contributed by atoms with E-state index >= 15 is 0 Å². The van der Waals surface area contributed by atoms with E-state index in [9.17, 15) is 9.59 Å². The molecule has 0 atom stereocenters. The maximum Gasteiger partial charge on any atom is 0.251 e. The van der Waals surface area contributed by atoms with Gasteiger partial charge in [-0.05, 0) is 12.2 Å². The highest BCUT2D eigenvalue weighted by atomic mass is 16.2. The van der Waals surface area contributed by atoms with Crippen LogP contribution in [0.2, 0.25) is 0 Å². The quantitative estimate of drug-likeness (QED) is 0.510. The van der Waals surface area contributed by atoms with E-state index in [2.05, 4.69) is 9.97 Å². The fourth-order valence-electron chi connectivity index (χ4n) is 1.01. The molecule has 1 aliphatic carbocycles. The van der Waals surface area contributed by atoms with Crippen molar-refractivity contribution in [1.29, 1.82) is 0 Å². The zero-order valence-electron chi connectivity index (χ0n) is 6.02. The average molecular weight is 160 g/mol. The molecule has 1 aromatic heterocycles. The van der Waals surface area contributed by atoms with Crippen LogP contribution in [0.4, 0.5) is 0 Å². The third-order valence-electron chi connectivity index (χ3n) is 1.59. The summed E-state index contributed by atoms with van der Waals surface area (Å²) >= 11 is 0. The maximum atomic E-state index is 11.1. The molecule has 0 spiro atoms. The molecule has 0 saturated carbocycles. The summed E-state index contributed by atoms with van der Waals surface area (Å²) in [7, 11) is 0. The van der Waals surface area contributed by atoms with Crippen molar-refractivity contribution in [2.75, 3.05) is 0 Å². The molecular weight excluding hydrogens is 156 g/mol. The number of hydrogen-bond donors (Lipinski definition) is 0. The fraction of sp³-hybridized carbons (Fsp3) is 0. The minimum Gasteiger partial charge on any atom is -0.285 e. The maximum absolute atomic E-state index is 11.1. The van der Waals surface area contributed by atoms with Crippen LogP contribution in [0.5, 0.6) is 0 Å². The first-order valence-electron chi connectivity index (χ1n) is 3.36. The van der Waals surface area contributed by atoms with E-state index in [0.29, 0.717) is 5.56 Å².